The van der Waals surface area contributed by atoms with Gasteiger partial charge in [-0.15, -0.1) is 0 Å². The average Bonchev–Trinajstić information content (AvgIpc) is 2.96. The Morgan fingerprint density at radius 2 is 2.20 bits per heavy atom. The van der Waals surface area contributed by atoms with Crippen LogP contribution in [0, 0.1) is 0 Å². The zero-order chi connectivity index (χ0) is 18.0. The summed E-state index contributed by atoms with van der Waals surface area (Å²) in [4.78, 5) is 27.6. The second-order valence-electron chi connectivity index (χ2n) is 5.91. The van der Waals surface area contributed by atoms with Gasteiger partial charge in [0.25, 0.3) is 5.91 Å². The number of sulfonamides is 1. The third-order valence-electron chi connectivity index (χ3n) is 4.03. The zero-order valence-corrected chi connectivity index (χ0v) is 14.1. The van der Waals surface area contributed by atoms with Crippen molar-refractivity contribution in [2.45, 2.75) is 36.7 Å². The van der Waals surface area contributed by atoms with Crippen LogP contribution >= 0.6 is 0 Å². The molecule has 134 valence electrons. The highest BCUT2D eigenvalue weighted by Crippen LogP contribution is 2.25. The molecule has 2 aliphatic heterocycles. The molecule has 0 saturated carbocycles. The van der Waals surface area contributed by atoms with Crippen molar-refractivity contribution in [3.63, 3.8) is 0 Å². The van der Waals surface area contributed by atoms with Gasteiger partial charge in [0.15, 0.2) is 0 Å². The van der Waals surface area contributed by atoms with Gasteiger partial charge in [-0.2, -0.15) is 0 Å². The van der Waals surface area contributed by atoms with Gasteiger partial charge in [0.1, 0.15) is 11.8 Å². The van der Waals surface area contributed by atoms with E-state index in [1.165, 1.54) is 6.07 Å². The highest BCUT2D eigenvalue weighted by Gasteiger charge is 2.27. The largest absolute Gasteiger partial charge is 0.390 e. The van der Waals surface area contributed by atoms with Gasteiger partial charge in [0, 0.05) is 18.5 Å². The predicted octanol–water partition coefficient (Wildman–Crippen LogP) is -0.130. The minimum atomic E-state index is -3.75. The molecular formula is C15H18N4O5S. The second-order valence-corrected chi connectivity index (χ2v) is 7.67. The van der Waals surface area contributed by atoms with Gasteiger partial charge in [-0.25, -0.2) is 13.1 Å². The van der Waals surface area contributed by atoms with Crippen molar-refractivity contribution in [2.75, 3.05) is 11.9 Å². The highest BCUT2D eigenvalue weighted by molar-refractivity contribution is 7.89. The van der Waals surface area contributed by atoms with Gasteiger partial charge in [-0.1, -0.05) is 5.16 Å². The molecule has 0 saturated heterocycles. The van der Waals surface area contributed by atoms with Gasteiger partial charge >= 0.3 is 0 Å². The number of benzene rings is 1. The van der Waals surface area contributed by atoms with Crippen LogP contribution in [0.3, 0.4) is 0 Å². The summed E-state index contributed by atoms with van der Waals surface area (Å²) < 4.78 is 27.4. The lowest BCUT2D eigenvalue weighted by Crippen LogP contribution is -2.33. The van der Waals surface area contributed by atoms with Crippen molar-refractivity contribution in [3.8, 4) is 0 Å². The van der Waals surface area contributed by atoms with Crippen molar-refractivity contribution in [3.05, 3.63) is 23.8 Å². The molecule has 2 aliphatic rings. The van der Waals surface area contributed by atoms with Crippen molar-refractivity contribution in [2.24, 2.45) is 10.9 Å². The number of oxime groups is 1. The van der Waals surface area contributed by atoms with E-state index >= 15 is 0 Å². The molecule has 0 radical (unpaired) electrons. The molecule has 2 heterocycles. The van der Waals surface area contributed by atoms with E-state index < -0.39 is 22.0 Å². The fraction of sp³-hybridized carbons (Fsp3) is 0.400. The van der Waals surface area contributed by atoms with Crippen LogP contribution in [0.5, 0.6) is 0 Å². The lowest BCUT2D eigenvalue weighted by atomic mass is 10.1. The molecular weight excluding hydrogens is 348 g/mol. The number of rotatable bonds is 5. The van der Waals surface area contributed by atoms with Crippen molar-refractivity contribution in [1.29, 1.82) is 0 Å². The molecule has 10 heteroatoms. The summed E-state index contributed by atoms with van der Waals surface area (Å²) in [6, 6.07) is 4.59. The number of aryl methyl sites for hydroxylation is 1. The first-order valence-corrected chi connectivity index (χ1v) is 9.28. The maximum Gasteiger partial charge on any atom is 0.266 e. The summed E-state index contributed by atoms with van der Waals surface area (Å²) in [7, 11) is -3.75. The van der Waals surface area contributed by atoms with Crippen LogP contribution in [0.4, 0.5) is 5.69 Å². The number of fused-ring (bicyclic) bond motifs is 1. The van der Waals surface area contributed by atoms with Crippen LogP contribution in [0.2, 0.25) is 0 Å². The predicted molar refractivity (Wildman–Crippen MR) is 89.3 cm³/mol. The summed E-state index contributed by atoms with van der Waals surface area (Å²) in [5.74, 6) is -0.755. The lowest BCUT2D eigenvalue weighted by molar-refractivity contribution is -0.116. The molecule has 3 rings (SSSR count). The Labute approximate surface area is 144 Å². The average molecular weight is 366 g/mol. The zero-order valence-electron chi connectivity index (χ0n) is 13.3. The Kier molecular flexibility index (Phi) is 4.73. The molecule has 0 aliphatic carbocycles. The lowest BCUT2D eigenvalue weighted by Gasteiger charge is -2.12. The van der Waals surface area contributed by atoms with Gasteiger partial charge in [-0.3, -0.25) is 9.59 Å². The number of carbonyl (C=O) groups excluding carboxylic acids is 2. The van der Waals surface area contributed by atoms with Crippen LogP contribution in [-0.4, -0.2) is 38.6 Å². The van der Waals surface area contributed by atoms with Crippen LogP contribution in [-0.2, 0) is 30.9 Å². The summed E-state index contributed by atoms with van der Waals surface area (Å²) >= 11 is 0. The monoisotopic (exact) mass is 366 g/mol. The molecule has 2 amide bonds. The SMILES string of the molecule is NC(=O)C1=NO[C@@H](CNS(=O)(=O)c2ccc3c(c2)CCCC(=O)N3)C1. The van der Waals surface area contributed by atoms with Gasteiger partial charge in [0.2, 0.25) is 15.9 Å². The molecule has 0 aromatic heterocycles. The number of nitrogens with one attached hydrogen (secondary N) is 2. The number of hydrogen-bond acceptors (Lipinski definition) is 6. The third-order valence-corrected chi connectivity index (χ3v) is 5.45. The first-order valence-electron chi connectivity index (χ1n) is 7.80. The molecule has 0 fully saturated rings. The highest BCUT2D eigenvalue weighted by atomic mass is 32.2. The molecule has 0 spiro atoms. The molecule has 1 atom stereocenters. The summed E-state index contributed by atoms with van der Waals surface area (Å²) in [5, 5.41) is 6.29. The summed E-state index contributed by atoms with van der Waals surface area (Å²) in [6.07, 6.45) is 1.29. The smallest absolute Gasteiger partial charge is 0.266 e. The quantitative estimate of drug-likeness (QED) is 0.666. The molecule has 0 bridgehead atoms. The molecule has 0 unspecified atom stereocenters. The normalized spacial score (nSPS) is 20.1. The van der Waals surface area contributed by atoms with E-state index in [9.17, 15) is 18.0 Å². The van der Waals surface area contributed by atoms with Crippen LogP contribution in [0.1, 0.15) is 24.8 Å². The number of carbonyl (C=O) groups is 2. The van der Waals surface area contributed by atoms with Crippen LogP contribution < -0.4 is 15.8 Å². The Bertz CT molecular complexity index is 849. The maximum absolute atomic E-state index is 12.5. The Balaban J connectivity index is 1.68. The minimum Gasteiger partial charge on any atom is -0.390 e. The Hall–Kier alpha value is -2.46. The molecule has 1 aromatic rings. The minimum absolute atomic E-state index is 0.0313. The first-order chi connectivity index (χ1) is 11.8. The molecule has 9 nitrogen and oxygen atoms in total. The van der Waals surface area contributed by atoms with E-state index in [2.05, 4.69) is 15.2 Å². The number of anilines is 1. The topological polar surface area (TPSA) is 140 Å². The van der Waals surface area contributed by atoms with Crippen molar-refractivity contribution in [1.82, 2.24) is 4.72 Å². The number of hydrogen-bond donors (Lipinski definition) is 3. The van der Waals surface area contributed by atoms with Crippen molar-refractivity contribution < 1.29 is 22.8 Å². The van der Waals surface area contributed by atoms with E-state index in [1.807, 2.05) is 0 Å². The van der Waals surface area contributed by atoms with Gasteiger partial charge in [0.05, 0.1) is 11.4 Å². The van der Waals surface area contributed by atoms with Crippen LogP contribution in [0.15, 0.2) is 28.3 Å². The van der Waals surface area contributed by atoms with E-state index in [0.29, 0.717) is 24.9 Å². The maximum atomic E-state index is 12.5. The third kappa shape index (κ3) is 3.97. The Morgan fingerprint density at radius 1 is 1.40 bits per heavy atom. The van der Waals surface area contributed by atoms with Crippen LogP contribution in [0.25, 0.3) is 0 Å². The van der Waals surface area contributed by atoms with E-state index in [0.717, 1.165) is 5.56 Å². The van der Waals surface area contributed by atoms with Crippen molar-refractivity contribution >= 4 is 33.2 Å². The van der Waals surface area contributed by atoms with E-state index in [1.54, 1.807) is 12.1 Å². The standard InChI is InChI=1S/C15H18N4O5S/c16-15(21)13-7-10(24-19-13)8-17-25(22,23)11-4-5-12-9(6-11)2-1-3-14(20)18-12/h4-6,10,17H,1-3,7-8H2,(H2,16,21)(H,18,20)/t10-/m1/s1. The number of primary amides is 1. The number of amides is 2. The molecule has 4 N–H and O–H groups in total. The van der Waals surface area contributed by atoms with Gasteiger partial charge in [-0.05, 0) is 36.6 Å². The van der Waals surface area contributed by atoms with E-state index in [-0.39, 0.29) is 29.5 Å². The molecule has 1 aromatic carbocycles. The number of nitrogens with two attached hydrogens (primary N) is 1. The van der Waals surface area contributed by atoms with Gasteiger partial charge < -0.3 is 15.9 Å². The summed E-state index contributed by atoms with van der Waals surface area (Å²) in [5.41, 5.74) is 6.61. The summed E-state index contributed by atoms with van der Waals surface area (Å²) in [6.45, 7) is -0.0313. The fourth-order valence-corrected chi connectivity index (χ4v) is 3.80. The molecule has 25 heavy (non-hydrogen) atoms. The first kappa shape index (κ1) is 17.4. The Morgan fingerprint density at radius 3 is 2.92 bits per heavy atom. The second kappa shape index (κ2) is 6.81. The number of nitrogens with zero attached hydrogens (tertiary/aromatic N) is 1. The van der Waals surface area contributed by atoms with E-state index in [4.69, 9.17) is 10.6 Å². The fourth-order valence-electron chi connectivity index (χ4n) is 2.69.